The van der Waals surface area contributed by atoms with Crippen LogP contribution in [0, 0.1) is 11.8 Å². The number of rotatable bonds is 14. The molecule has 0 spiro atoms. The Morgan fingerprint density at radius 1 is 1.02 bits per heavy atom. The zero-order valence-corrected chi connectivity index (χ0v) is 35.1. The molecule has 0 unspecified atom stereocenters. The number of pyridine rings is 1. The molecule has 0 radical (unpaired) electrons. The lowest BCUT2D eigenvalue weighted by atomic mass is 9.85. The third kappa shape index (κ3) is 8.80. The Morgan fingerprint density at radius 3 is 2.53 bits per heavy atom. The molecule has 4 aromatic heterocycles. The van der Waals surface area contributed by atoms with Crippen molar-refractivity contribution in [1.82, 2.24) is 44.0 Å². The summed E-state index contributed by atoms with van der Waals surface area (Å²) in [7, 11) is 3.93. The summed E-state index contributed by atoms with van der Waals surface area (Å²) in [5.74, 6) is 0.642. The van der Waals surface area contributed by atoms with Crippen molar-refractivity contribution in [3.05, 3.63) is 76.4 Å². The minimum absolute atomic E-state index is 0.0301. The molecule has 62 heavy (non-hydrogen) atoms. The molecule has 328 valence electrons. The third-order valence-electron chi connectivity index (χ3n) is 13.2. The van der Waals surface area contributed by atoms with Gasteiger partial charge in [-0.25, -0.2) is 23.5 Å². The number of piperidine rings is 2. The molecule has 2 saturated heterocycles. The fraction of sp³-hybridized carbons (Fsp3) is 0.523. The van der Waals surface area contributed by atoms with E-state index in [1.807, 2.05) is 18.2 Å². The van der Waals surface area contributed by atoms with E-state index in [0.29, 0.717) is 47.7 Å². The number of hydrogen-bond acceptors (Lipinski definition) is 11. The average Bonchev–Trinajstić information content (AvgIpc) is 3.67. The Morgan fingerprint density at radius 2 is 1.79 bits per heavy atom. The van der Waals surface area contributed by atoms with Gasteiger partial charge in [0.1, 0.15) is 18.1 Å². The quantitative estimate of drug-likeness (QED) is 0.113. The summed E-state index contributed by atoms with van der Waals surface area (Å²) >= 11 is 0. The molecule has 0 bridgehead atoms. The molecular weight excluding hydrogens is 801 g/mol. The number of anilines is 2. The summed E-state index contributed by atoms with van der Waals surface area (Å²) in [6, 6.07) is 9.04. The highest BCUT2D eigenvalue weighted by Crippen LogP contribution is 2.36. The largest absolute Gasteiger partial charge is 0.444 e. The van der Waals surface area contributed by atoms with Gasteiger partial charge in [-0.15, -0.1) is 0 Å². The Kier molecular flexibility index (Phi) is 11.8. The van der Waals surface area contributed by atoms with Crippen molar-refractivity contribution in [3.63, 3.8) is 0 Å². The topological polar surface area (TPSA) is 177 Å². The molecule has 4 fully saturated rings. The first-order chi connectivity index (χ1) is 30.0. The number of carbonyl (C=O) groups is 3. The Bertz CT molecular complexity index is 2510. The second-order valence-corrected chi connectivity index (χ2v) is 17.5. The maximum Gasteiger partial charge on any atom is 0.329 e. The monoisotopic (exact) mass is 853 g/mol. The number of carbonyl (C=O) groups excluding carboxylic acids is 3. The summed E-state index contributed by atoms with van der Waals surface area (Å²) in [6.07, 6.45) is 9.91. The van der Waals surface area contributed by atoms with Crippen LogP contribution in [0.4, 0.5) is 20.3 Å². The predicted molar refractivity (Wildman–Crippen MR) is 227 cm³/mol. The van der Waals surface area contributed by atoms with Gasteiger partial charge in [-0.05, 0) is 114 Å². The number of amides is 3. The smallest absolute Gasteiger partial charge is 0.329 e. The first-order valence-electron chi connectivity index (χ1n) is 21.8. The number of likely N-dealkylation sites (tertiary alicyclic amines) is 1. The van der Waals surface area contributed by atoms with Crippen molar-refractivity contribution in [2.24, 2.45) is 18.9 Å². The number of alkyl halides is 2. The van der Waals surface area contributed by atoms with E-state index in [-0.39, 0.29) is 41.3 Å². The molecule has 2 saturated carbocycles. The minimum atomic E-state index is -2.87. The molecule has 9 rings (SSSR count). The molecule has 3 N–H and O–H groups in total. The molecule has 2 aliphatic carbocycles. The van der Waals surface area contributed by atoms with Crippen molar-refractivity contribution in [1.29, 1.82) is 0 Å². The number of fused-ring (bicyclic) bond motifs is 1. The standard InChI is InChI=1S/C44H53F2N11O5/c1-53(30-15-18-55(19-16-30)23-29-4-3-5-34-39(29)54(2)44(61)57(34)35-12-13-37(58)51-42(35)60)22-27-8-10-31(11-9-27)56-24-32(38(52-56)40(45)46)49-41(59)33-25-62-43(50-33)28-14-17-47-36(20-28)48-21-26-6-7-26/h3-5,14,17,20,24-27,30-31,35,40H,6-13,15-16,18-19,21-23H2,1-2H3,(H,47,48)(H,49,59)(H,51,58,60)/t27?,31?,35-/m1/s1. The van der Waals surface area contributed by atoms with Gasteiger partial charge in [0.15, 0.2) is 11.4 Å². The summed E-state index contributed by atoms with van der Waals surface area (Å²) in [5, 5.41) is 12.6. The van der Waals surface area contributed by atoms with E-state index < -0.39 is 30.0 Å². The van der Waals surface area contributed by atoms with Gasteiger partial charge in [-0.3, -0.25) is 38.4 Å². The van der Waals surface area contributed by atoms with Crippen LogP contribution >= 0.6 is 0 Å². The predicted octanol–water partition coefficient (Wildman–Crippen LogP) is 5.90. The van der Waals surface area contributed by atoms with Crippen LogP contribution in [-0.2, 0) is 23.2 Å². The van der Waals surface area contributed by atoms with E-state index >= 15 is 0 Å². The summed E-state index contributed by atoms with van der Waals surface area (Å²) in [5.41, 5.74) is 2.38. The molecule has 16 nitrogen and oxygen atoms in total. The molecule has 4 aliphatic rings. The normalized spacial score (nSPS) is 21.5. The van der Waals surface area contributed by atoms with Gasteiger partial charge in [0.25, 0.3) is 12.3 Å². The summed E-state index contributed by atoms with van der Waals surface area (Å²) in [4.78, 5) is 64.6. The zero-order chi connectivity index (χ0) is 43.1. The van der Waals surface area contributed by atoms with Gasteiger partial charge in [-0.1, -0.05) is 12.1 Å². The molecule has 6 heterocycles. The number of imidazole rings is 1. The molecule has 1 atom stereocenters. The van der Waals surface area contributed by atoms with E-state index in [9.17, 15) is 28.0 Å². The SMILES string of the molecule is CN(CC1CCC(n2cc(NC(=O)c3coc(-c4ccnc(NCC5CC5)c4)n3)c(C(F)F)n2)CC1)C1CCN(Cc2cccc3c2n(C)c(=O)n3[C@@H]2CCC(=O)NC2=O)CC1. The number of para-hydroxylation sites is 1. The number of hydrogen-bond donors (Lipinski definition) is 3. The van der Waals surface area contributed by atoms with Crippen molar-refractivity contribution in [3.8, 4) is 11.5 Å². The molecule has 1 aromatic carbocycles. The lowest BCUT2D eigenvalue weighted by Gasteiger charge is -2.39. The average molecular weight is 854 g/mol. The highest BCUT2D eigenvalue weighted by Gasteiger charge is 2.33. The minimum Gasteiger partial charge on any atom is -0.444 e. The van der Waals surface area contributed by atoms with Crippen LogP contribution in [0.15, 0.2) is 58.2 Å². The second-order valence-electron chi connectivity index (χ2n) is 17.5. The van der Waals surface area contributed by atoms with E-state index in [1.54, 1.807) is 34.6 Å². The fourth-order valence-electron chi connectivity index (χ4n) is 9.56. The number of benzene rings is 1. The maximum atomic E-state index is 14.2. The Balaban J connectivity index is 0.760. The number of imide groups is 1. The molecule has 2 aliphatic heterocycles. The van der Waals surface area contributed by atoms with Gasteiger partial charge < -0.3 is 20.0 Å². The molecule has 18 heteroatoms. The number of aromatic nitrogens is 6. The number of aryl methyl sites for hydroxylation is 1. The first kappa shape index (κ1) is 41.6. The van der Waals surface area contributed by atoms with Crippen molar-refractivity contribution < 1.29 is 27.6 Å². The zero-order valence-electron chi connectivity index (χ0n) is 35.1. The fourth-order valence-corrected chi connectivity index (χ4v) is 9.56. The van der Waals surface area contributed by atoms with E-state index in [1.165, 1.54) is 29.9 Å². The maximum absolute atomic E-state index is 14.2. The van der Waals surface area contributed by atoms with Crippen LogP contribution in [0.25, 0.3) is 22.5 Å². The Labute approximate surface area is 357 Å². The Hall–Kier alpha value is -5.75. The number of halogens is 2. The highest BCUT2D eigenvalue weighted by molar-refractivity contribution is 6.03. The van der Waals surface area contributed by atoms with Crippen molar-refractivity contribution >= 4 is 40.3 Å². The second kappa shape index (κ2) is 17.6. The molecule has 5 aromatic rings. The lowest BCUT2D eigenvalue weighted by Crippen LogP contribution is -2.44. The van der Waals surface area contributed by atoms with Gasteiger partial charge >= 0.3 is 5.69 Å². The van der Waals surface area contributed by atoms with Gasteiger partial charge in [-0.2, -0.15) is 5.10 Å². The molecular formula is C44H53F2N11O5. The molecule has 3 amide bonds. The number of nitrogens with zero attached hydrogens (tertiary/aromatic N) is 8. The van der Waals surface area contributed by atoms with Crippen molar-refractivity contribution in [2.75, 3.05) is 43.9 Å². The van der Waals surface area contributed by atoms with E-state index in [2.05, 4.69) is 47.9 Å². The lowest BCUT2D eigenvalue weighted by molar-refractivity contribution is -0.135. The van der Waals surface area contributed by atoms with Gasteiger partial charge in [0.2, 0.25) is 17.7 Å². The van der Waals surface area contributed by atoms with Crippen LogP contribution in [0.5, 0.6) is 0 Å². The summed E-state index contributed by atoms with van der Waals surface area (Å²) < 4.78 is 38.8. The summed E-state index contributed by atoms with van der Waals surface area (Å²) in [6.45, 7) is 4.30. The van der Waals surface area contributed by atoms with Crippen LogP contribution in [0.3, 0.4) is 0 Å². The van der Waals surface area contributed by atoms with Crippen LogP contribution in [-0.4, -0.2) is 95.7 Å². The van der Waals surface area contributed by atoms with E-state index in [0.717, 1.165) is 75.8 Å². The highest BCUT2D eigenvalue weighted by atomic mass is 19.3. The van der Waals surface area contributed by atoms with Crippen molar-refractivity contribution in [2.45, 2.75) is 95.3 Å². The van der Waals surface area contributed by atoms with Gasteiger partial charge in [0.05, 0.1) is 22.8 Å². The number of oxazole rings is 1. The third-order valence-corrected chi connectivity index (χ3v) is 13.2. The van der Waals surface area contributed by atoms with Crippen LogP contribution in [0.1, 0.15) is 104 Å². The van der Waals surface area contributed by atoms with Gasteiger partial charge in [0, 0.05) is 57.1 Å². The van der Waals surface area contributed by atoms with E-state index in [4.69, 9.17) is 4.42 Å². The number of nitrogens with one attached hydrogen (secondary N) is 3. The van der Waals surface area contributed by atoms with Crippen LogP contribution in [0.2, 0.25) is 0 Å². The van der Waals surface area contributed by atoms with Crippen LogP contribution < -0.4 is 21.6 Å². The first-order valence-corrected chi connectivity index (χ1v) is 21.8.